The highest BCUT2D eigenvalue weighted by atomic mass is 16.5. The lowest BCUT2D eigenvalue weighted by Gasteiger charge is -2.26. The van der Waals surface area contributed by atoms with Gasteiger partial charge in [-0.25, -0.2) is 0 Å². The molecule has 0 saturated carbocycles. The van der Waals surface area contributed by atoms with E-state index in [0.717, 1.165) is 26.2 Å². The number of hydrogen-bond acceptors (Lipinski definition) is 3. The average Bonchev–Trinajstić information content (AvgIpc) is 2.51. The van der Waals surface area contributed by atoms with Crippen molar-refractivity contribution in [2.24, 2.45) is 0 Å². The molecule has 0 atom stereocenters. The molecular formula is C16H26N2O2. The van der Waals surface area contributed by atoms with E-state index < -0.39 is 0 Å². The summed E-state index contributed by atoms with van der Waals surface area (Å²) in [6.07, 6.45) is 0. The molecule has 0 bridgehead atoms. The second-order valence-corrected chi connectivity index (χ2v) is 4.61. The van der Waals surface area contributed by atoms with Crippen molar-refractivity contribution in [3.63, 3.8) is 0 Å². The van der Waals surface area contributed by atoms with Crippen LogP contribution in [0.4, 0.5) is 0 Å². The highest BCUT2D eigenvalue weighted by Gasteiger charge is 2.18. The van der Waals surface area contributed by atoms with Crippen molar-refractivity contribution in [2.75, 3.05) is 39.8 Å². The number of carbonyl (C=O) groups is 1. The van der Waals surface area contributed by atoms with E-state index in [9.17, 15) is 4.79 Å². The third-order valence-electron chi connectivity index (χ3n) is 3.59. The van der Waals surface area contributed by atoms with Gasteiger partial charge in [-0.05, 0) is 32.1 Å². The maximum absolute atomic E-state index is 12.6. The SMILES string of the molecule is CCN(CC)CCN(CC)C(=O)c1ccccc1OC. The molecule has 1 aromatic carbocycles. The minimum absolute atomic E-state index is 0.0390. The van der Waals surface area contributed by atoms with Crippen LogP contribution in [0, 0.1) is 0 Å². The normalized spacial score (nSPS) is 10.7. The summed E-state index contributed by atoms with van der Waals surface area (Å²) >= 11 is 0. The molecule has 1 rings (SSSR count). The van der Waals surface area contributed by atoms with Gasteiger partial charge in [-0.2, -0.15) is 0 Å². The molecule has 1 amide bonds. The molecule has 0 radical (unpaired) electrons. The first-order chi connectivity index (χ1) is 9.67. The highest BCUT2D eigenvalue weighted by molar-refractivity contribution is 5.96. The van der Waals surface area contributed by atoms with Gasteiger partial charge in [0.25, 0.3) is 5.91 Å². The van der Waals surface area contributed by atoms with Gasteiger partial charge in [0.05, 0.1) is 12.7 Å². The summed E-state index contributed by atoms with van der Waals surface area (Å²) in [5.41, 5.74) is 0.636. The maximum atomic E-state index is 12.6. The molecule has 0 aromatic heterocycles. The van der Waals surface area contributed by atoms with Crippen LogP contribution in [0.2, 0.25) is 0 Å². The van der Waals surface area contributed by atoms with Crippen LogP contribution >= 0.6 is 0 Å². The van der Waals surface area contributed by atoms with Gasteiger partial charge in [0.2, 0.25) is 0 Å². The molecule has 1 aromatic rings. The van der Waals surface area contributed by atoms with Crippen LogP contribution in [-0.4, -0.2) is 55.5 Å². The topological polar surface area (TPSA) is 32.8 Å². The zero-order valence-electron chi connectivity index (χ0n) is 13.1. The third kappa shape index (κ3) is 4.23. The van der Waals surface area contributed by atoms with Gasteiger partial charge in [-0.1, -0.05) is 26.0 Å². The van der Waals surface area contributed by atoms with Crippen molar-refractivity contribution in [3.05, 3.63) is 29.8 Å². The number of nitrogens with zero attached hydrogens (tertiary/aromatic N) is 2. The lowest BCUT2D eigenvalue weighted by molar-refractivity contribution is 0.0743. The molecule has 0 aliphatic carbocycles. The Bertz CT molecular complexity index is 417. The standard InChI is InChI=1S/C16H26N2O2/c1-5-17(6-2)12-13-18(7-3)16(19)14-10-8-9-11-15(14)20-4/h8-11H,5-7,12-13H2,1-4H3. The van der Waals surface area contributed by atoms with E-state index in [1.54, 1.807) is 7.11 Å². The fourth-order valence-electron chi connectivity index (χ4n) is 2.20. The monoisotopic (exact) mass is 278 g/mol. The van der Waals surface area contributed by atoms with Crippen molar-refractivity contribution >= 4 is 5.91 Å². The molecule has 0 aliphatic heterocycles. The van der Waals surface area contributed by atoms with Gasteiger partial charge >= 0.3 is 0 Å². The number of benzene rings is 1. The molecule has 0 aliphatic rings. The van der Waals surface area contributed by atoms with Crippen LogP contribution in [0.3, 0.4) is 0 Å². The predicted molar refractivity (Wildman–Crippen MR) is 82.4 cm³/mol. The Kier molecular flexibility index (Phi) is 7.09. The summed E-state index contributed by atoms with van der Waals surface area (Å²) in [5.74, 6) is 0.677. The van der Waals surface area contributed by atoms with Crippen LogP contribution in [0.1, 0.15) is 31.1 Å². The van der Waals surface area contributed by atoms with Gasteiger partial charge in [0, 0.05) is 19.6 Å². The van der Waals surface area contributed by atoms with Crippen molar-refractivity contribution < 1.29 is 9.53 Å². The molecule has 112 valence electrons. The molecule has 0 fully saturated rings. The smallest absolute Gasteiger partial charge is 0.257 e. The highest BCUT2D eigenvalue weighted by Crippen LogP contribution is 2.19. The minimum Gasteiger partial charge on any atom is -0.496 e. The summed E-state index contributed by atoms with van der Waals surface area (Å²) in [5, 5.41) is 0. The summed E-state index contributed by atoms with van der Waals surface area (Å²) in [7, 11) is 1.60. The van der Waals surface area contributed by atoms with Crippen molar-refractivity contribution in [1.29, 1.82) is 0 Å². The Hall–Kier alpha value is -1.55. The zero-order valence-corrected chi connectivity index (χ0v) is 13.1. The average molecular weight is 278 g/mol. The van der Waals surface area contributed by atoms with E-state index >= 15 is 0 Å². The van der Waals surface area contributed by atoms with Crippen molar-refractivity contribution in [2.45, 2.75) is 20.8 Å². The predicted octanol–water partition coefficient (Wildman–Crippen LogP) is 2.50. The number of ether oxygens (including phenoxy) is 1. The molecule has 0 N–H and O–H groups in total. The van der Waals surface area contributed by atoms with Gasteiger partial charge < -0.3 is 14.5 Å². The quantitative estimate of drug-likeness (QED) is 0.732. The first-order valence-electron chi connectivity index (χ1n) is 7.32. The van der Waals surface area contributed by atoms with E-state index in [1.807, 2.05) is 36.1 Å². The lowest BCUT2D eigenvalue weighted by Crippen LogP contribution is -2.38. The first kappa shape index (κ1) is 16.5. The Morgan fingerprint density at radius 1 is 1.05 bits per heavy atom. The summed E-state index contributed by atoms with van der Waals surface area (Å²) < 4.78 is 5.27. The Morgan fingerprint density at radius 3 is 2.25 bits per heavy atom. The number of amides is 1. The molecule has 0 spiro atoms. The summed E-state index contributed by atoms with van der Waals surface area (Å²) in [6, 6.07) is 7.39. The van der Waals surface area contributed by atoms with Crippen molar-refractivity contribution in [1.82, 2.24) is 9.80 Å². The van der Waals surface area contributed by atoms with Crippen LogP contribution in [0.25, 0.3) is 0 Å². The number of likely N-dealkylation sites (N-methyl/N-ethyl adjacent to an activating group) is 2. The van der Waals surface area contributed by atoms with E-state index in [0.29, 0.717) is 17.9 Å². The fourth-order valence-corrected chi connectivity index (χ4v) is 2.20. The lowest BCUT2D eigenvalue weighted by atomic mass is 10.1. The molecule has 4 nitrogen and oxygen atoms in total. The van der Waals surface area contributed by atoms with Crippen LogP contribution in [-0.2, 0) is 0 Å². The van der Waals surface area contributed by atoms with Gasteiger partial charge in [0.15, 0.2) is 0 Å². The summed E-state index contributed by atoms with van der Waals surface area (Å²) in [6.45, 7) is 10.7. The molecule has 0 saturated heterocycles. The number of hydrogen-bond donors (Lipinski definition) is 0. The second kappa shape index (κ2) is 8.59. The van der Waals surface area contributed by atoms with Gasteiger partial charge in [-0.15, -0.1) is 0 Å². The van der Waals surface area contributed by atoms with E-state index in [-0.39, 0.29) is 5.91 Å². The molecule has 0 heterocycles. The third-order valence-corrected chi connectivity index (χ3v) is 3.59. The second-order valence-electron chi connectivity index (χ2n) is 4.61. The van der Waals surface area contributed by atoms with E-state index in [1.165, 1.54) is 0 Å². The minimum atomic E-state index is 0.0390. The largest absolute Gasteiger partial charge is 0.496 e. The maximum Gasteiger partial charge on any atom is 0.257 e. The van der Waals surface area contributed by atoms with E-state index in [2.05, 4.69) is 18.7 Å². The molecule has 0 unspecified atom stereocenters. The van der Waals surface area contributed by atoms with Crippen LogP contribution in [0.5, 0.6) is 5.75 Å². The van der Waals surface area contributed by atoms with Crippen LogP contribution in [0.15, 0.2) is 24.3 Å². The number of methoxy groups -OCH3 is 1. The van der Waals surface area contributed by atoms with Gasteiger partial charge in [0.1, 0.15) is 5.75 Å². The summed E-state index contributed by atoms with van der Waals surface area (Å²) in [4.78, 5) is 16.8. The van der Waals surface area contributed by atoms with Crippen molar-refractivity contribution in [3.8, 4) is 5.75 Å². The van der Waals surface area contributed by atoms with Gasteiger partial charge in [-0.3, -0.25) is 4.79 Å². The first-order valence-corrected chi connectivity index (χ1v) is 7.32. The zero-order chi connectivity index (χ0) is 15.0. The molecule has 20 heavy (non-hydrogen) atoms. The molecular weight excluding hydrogens is 252 g/mol. The Balaban J connectivity index is 2.76. The number of para-hydroxylation sites is 1. The Labute approximate surface area is 122 Å². The van der Waals surface area contributed by atoms with Crippen LogP contribution < -0.4 is 4.74 Å². The Morgan fingerprint density at radius 2 is 1.70 bits per heavy atom. The fraction of sp³-hybridized carbons (Fsp3) is 0.562. The number of carbonyl (C=O) groups excluding carboxylic acids is 1. The number of rotatable bonds is 8. The van der Waals surface area contributed by atoms with E-state index in [4.69, 9.17) is 4.74 Å². The molecule has 4 heteroatoms.